The molecular weight excluding hydrogens is 548 g/mol. The fraction of sp³-hybridized carbons (Fsp3) is 0.185. The first kappa shape index (κ1) is 27.3. The molecule has 0 saturated carbocycles. The highest BCUT2D eigenvalue weighted by atomic mass is 35.5. The van der Waals surface area contributed by atoms with E-state index in [4.69, 9.17) is 41.8 Å². The number of esters is 1. The Bertz CT molecular complexity index is 1530. The Balaban J connectivity index is 1.63. The summed E-state index contributed by atoms with van der Waals surface area (Å²) in [5, 5.41) is 0.649. The largest absolute Gasteiger partial charge is 0.489 e. The molecule has 4 aromatic rings. The first-order chi connectivity index (χ1) is 18.1. The highest BCUT2D eigenvalue weighted by Gasteiger charge is 2.40. The molecule has 1 aromatic heterocycles. The van der Waals surface area contributed by atoms with Gasteiger partial charge in [0.15, 0.2) is 0 Å². The van der Waals surface area contributed by atoms with Gasteiger partial charge >= 0.3 is 12.1 Å². The summed E-state index contributed by atoms with van der Waals surface area (Å²) in [6.45, 7) is 2.07. The molecule has 1 heterocycles. The fourth-order valence-electron chi connectivity index (χ4n) is 3.38. The van der Waals surface area contributed by atoms with Crippen molar-refractivity contribution >= 4 is 40.1 Å². The van der Waals surface area contributed by atoms with Crippen molar-refractivity contribution in [2.24, 2.45) is 0 Å². The van der Waals surface area contributed by atoms with Crippen molar-refractivity contribution in [3.05, 3.63) is 97.8 Å². The summed E-state index contributed by atoms with van der Waals surface area (Å²) in [6, 6.07) is 13.8. The highest BCUT2D eigenvalue weighted by Crippen LogP contribution is 2.39. The fourth-order valence-corrected chi connectivity index (χ4v) is 3.84. The van der Waals surface area contributed by atoms with Crippen LogP contribution < -0.4 is 14.9 Å². The molecule has 0 fully saturated rings. The molecule has 0 aliphatic carbocycles. The Morgan fingerprint density at radius 3 is 2.34 bits per heavy atom. The maximum absolute atomic E-state index is 13.9. The molecule has 0 N–H and O–H groups in total. The zero-order valence-electron chi connectivity index (χ0n) is 19.7. The van der Waals surface area contributed by atoms with E-state index in [1.165, 1.54) is 48.5 Å². The quantitative estimate of drug-likeness (QED) is 0.201. The summed E-state index contributed by atoms with van der Waals surface area (Å²) >= 11 is 12.0. The van der Waals surface area contributed by atoms with Gasteiger partial charge in [0.1, 0.15) is 23.7 Å². The first-order valence-electron chi connectivity index (χ1n) is 11.3. The average Bonchev–Trinajstić information content (AvgIpc) is 2.88. The van der Waals surface area contributed by atoms with Gasteiger partial charge in [0.2, 0.25) is 11.2 Å². The van der Waals surface area contributed by atoms with Crippen LogP contribution in [0, 0.1) is 0 Å². The molecule has 0 radical (unpaired) electrons. The normalized spacial score (nSPS) is 11.4. The Morgan fingerprint density at radius 1 is 0.974 bits per heavy atom. The number of hydrogen-bond donors (Lipinski definition) is 0. The molecular formula is C27H19Cl2F3O6. The minimum Gasteiger partial charge on any atom is -0.489 e. The predicted molar refractivity (Wildman–Crippen MR) is 135 cm³/mol. The van der Waals surface area contributed by atoms with Gasteiger partial charge in [0.05, 0.1) is 17.6 Å². The standard InChI is InChI=1S/C27H19Cl2F3O6/c1-2-11-35-26(34)15-4-7-18(8-5-15)37-24-23(33)20-10-9-19(13-22(20)38-25(24)27(30,31)32)36-14-16-3-6-17(28)12-21(16)29/h3-10,12-13H,2,11,14H2,1H3. The Kier molecular flexibility index (Phi) is 8.18. The monoisotopic (exact) mass is 566 g/mol. The molecule has 0 bridgehead atoms. The molecule has 6 nitrogen and oxygen atoms in total. The van der Waals surface area contributed by atoms with Crippen LogP contribution in [-0.4, -0.2) is 12.6 Å². The molecule has 0 spiro atoms. The van der Waals surface area contributed by atoms with Crippen molar-refractivity contribution in [1.82, 2.24) is 0 Å². The summed E-state index contributed by atoms with van der Waals surface area (Å²) < 4.78 is 62.6. The Labute approximate surface area is 224 Å². The second-order valence-electron chi connectivity index (χ2n) is 8.03. The van der Waals surface area contributed by atoms with Crippen LogP contribution in [-0.2, 0) is 17.5 Å². The lowest BCUT2D eigenvalue weighted by Crippen LogP contribution is -2.15. The van der Waals surface area contributed by atoms with Crippen LogP contribution in [0.5, 0.6) is 17.2 Å². The summed E-state index contributed by atoms with van der Waals surface area (Å²) in [6.07, 6.45) is -4.41. The maximum atomic E-state index is 13.9. The van der Waals surface area contributed by atoms with Gasteiger partial charge < -0.3 is 18.6 Å². The molecule has 4 rings (SSSR count). The van der Waals surface area contributed by atoms with Gasteiger partial charge in [-0.1, -0.05) is 36.2 Å². The lowest BCUT2D eigenvalue weighted by atomic mass is 10.2. The molecule has 0 aliphatic heterocycles. The molecule has 0 saturated heterocycles. The molecule has 3 aromatic carbocycles. The smallest absolute Gasteiger partial charge is 0.453 e. The number of carbonyl (C=O) groups is 1. The number of carbonyl (C=O) groups excluding carboxylic acids is 1. The second kappa shape index (κ2) is 11.4. The number of fused-ring (bicyclic) bond motifs is 1. The van der Waals surface area contributed by atoms with Gasteiger partial charge in [0.25, 0.3) is 5.76 Å². The van der Waals surface area contributed by atoms with Crippen molar-refractivity contribution in [1.29, 1.82) is 0 Å². The van der Waals surface area contributed by atoms with E-state index in [1.54, 1.807) is 12.1 Å². The summed E-state index contributed by atoms with van der Waals surface area (Å²) in [5.74, 6) is -3.18. The second-order valence-corrected chi connectivity index (χ2v) is 8.88. The van der Waals surface area contributed by atoms with Crippen LogP contribution >= 0.6 is 23.2 Å². The Hall–Kier alpha value is -3.69. The van der Waals surface area contributed by atoms with E-state index in [9.17, 15) is 22.8 Å². The predicted octanol–water partition coefficient (Wildman–Crippen LogP) is 8.06. The van der Waals surface area contributed by atoms with Crippen molar-refractivity contribution < 1.29 is 36.6 Å². The SMILES string of the molecule is CCCOC(=O)c1ccc(Oc2c(C(F)(F)F)oc3cc(OCc4ccc(Cl)cc4Cl)ccc3c2=O)cc1. The van der Waals surface area contributed by atoms with Crippen LogP contribution in [0.25, 0.3) is 11.0 Å². The minimum atomic E-state index is -5.04. The van der Waals surface area contributed by atoms with Crippen molar-refractivity contribution in [3.8, 4) is 17.2 Å². The molecule has 0 atom stereocenters. The van der Waals surface area contributed by atoms with Crippen LogP contribution in [0.4, 0.5) is 13.2 Å². The molecule has 38 heavy (non-hydrogen) atoms. The van der Waals surface area contributed by atoms with Gasteiger partial charge in [-0.3, -0.25) is 4.79 Å². The molecule has 0 unspecified atom stereocenters. The van der Waals surface area contributed by atoms with E-state index >= 15 is 0 Å². The topological polar surface area (TPSA) is 75.0 Å². The molecule has 11 heteroatoms. The molecule has 0 amide bonds. The number of hydrogen-bond acceptors (Lipinski definition) is 6. The third kappa shape index (κ3) is 6.23. The molecule has 0 aliphatic rings. The van der Waals surface area contributed by atoms with Crippen LogP contribution in [0.2, 0.25) is 10.0 Å². The van der Waals surface area contributed by atoms with Crippen molar-refractivity contribution in [2.45, 2.75) is 26.1 Å². The number of ether oxygens (including phenoxy) is 3. The van der Waals surface area contributed by atoms with Gasteiger partial charge in [-0.2, -0.15) is 13.2 Å². The third-order valence-corrected chi connectivity index (χ3v) is 5.82. The zero-order chi connectivity index (χ0) is 27.4. The average molecular weight is 567 g/mol. The van der Waals surface area contributed by atoms with Crippen LogP contribution in [0.15, 0.2) is 69.9 Å². The first-order valence-corrected chi connectivity index (χ1v) is 12.0. The minimum absolute atomic E-state index is 0.00104. The lowest BCUT2D eigenvalue weighted by Gasteiger charge is -2.14. The number of halogens is 5. The van der Waals surface area contributed by atoms with Gasteiger partial charge in [-0.15, -0.1) is 0 Å². The number of benzene rings is 3. The van der Waals surface area contributed by atoms with E-state index in [1.807, 2.05) is 6.92 Å². The van der Waals surface area contributed by atoms with Crippen molar-refractivity contribution in [3.63, 3.8) is 0 Å². The van der Waals surface area contributed by atoms with Crippen molar-refractivity contribution in [2.75, 3.05) is 6.61 Å². The van der Waals surface area contributed by atoms with E-state index in [0.29, 0.717) is 22.0 Å². The van der Waals surface area contributed by atoms with Crippen LogP contribution in [0.3, 0.4) is 0 Å². The van der Waals surface area contributed by atoms with E-state index in [0.717, 1.165) is 0 Å². The summed E-state index contributed by atoms with van der Waals surface area (Å²) in [7, 11) is 0. The lowest BCUT2D eigenvalue weighted by molar-refractivity contribution is -0.154. The number of alkyl halides is 3. The van der Waals surface area contributed by atoms with Gasteiger partial charge in [-0.25, -0.2) is 4.79 Å². The summed E-state index contributed by atoms with van der Waals surface area (Å²) in [5.41, 5.74) is -0.595. The van der Waals surface area contributed by atoms with Gasteiger partial charge in [0, 0.05) is 21.7 Å². The number of rotatable bonds is 8. The van der Waals surface area contributed by atoms with Crippen LogP contribution in [0.1, 0.15) is 35.0 Å². The van der Waals surface area contributed by atoms with E-state index < -0.39 is 29.1 Å². The third-order valence-electron chi connectivity index (χ3n) is 5.24. The molecule has 198 valence electrons. The maximum Gasteiger partial charge on any atom is 0.453 e. The Morgan fingerprint density at radius 2 is 1.68 bits per heavy atom. The summed E-state index contributed by atoms with van der Waals surface area (Å²) in [4.78, 5) is 25.0. The van der Waals surface area contributed by atoms with Gasteiger partial charge in [-0.05, 0) is 55.0 Å². The highest BCUT2D eigenvalue weighted by molar-refractivity contribution is 6.35. The van der Waals surface area contributed by atoms with E-state index in [2.05, 4.69) is 0 Å². The zero-order valence-corrected chi connectivity index (χ0v) is 21.2. The van der Waals surface area contributed by atoms with E-state index in [-0.39, 0.29) is 41.2 Å².